The van der Waals surface area contributed by atoms with Crippen molar-refractivity contribution in [3.05, 3.63) is 35.4 Å². The van der Waals surface area contributed by atoms with Gasteiger partial charge in [-0.1, -0.05) is 24.3 Å². The van der Waals surface area contributed by atoms with E-state index in [0.717, 1.165) is 57.4 Å². The minimum atomic E-state index is -0.192. The van der Waals surface area contributed by atoms with E-state index in [1.54, 1.807) is 0 Å². The number of carbonyl (C=O) groups excluding carboxylic acids is 2. The zero-order valence-corrected chi connectivity index (χ0v) is 17.8. The molecule has 0 spiro atoms. The Kier molecular flexibility index (Phi) is 10.8. The lowest BCUT2D eigenvalue weighted by Gasteiger charge is -2.31. The first-order chi connectivity index (χ1) is 12.6. The molecule has 2 aliphatic rings. The van der Waals surface area contributed by atoms with E-state index in [1.165, 1.54) is 5.56 Å². The first-order valence-electron chi connectivity index (χ1n) is 9.70. The number of piperidine rings is 1. The molecular weight excluding hydrogens is 399 g/mol. The Morgan fingerprint density at radius 3 is 2.68 bits per heavy atom. The van der Waals surface area contributed by atoms with Crippen molar-refractivity contribution in [2.75, 3.05) is 19.6 Å². The number of amides is 2. The lowest BCUT2D eigenvalue weighted by molar-refractivity contribution is -0.123. The van der Waals surface area contributed by atoms with Gasteiger partial charge in [-0.15, -0.1) is 24.8 Å². The zero-order chi connectivity index (χ0) is 18.4. The number of benzene rings is 1. The summed E-state index contributed by atoms with van der Waals surface area (Å²) in [5, 5.41) is 6.38. The number of nitrogens with zero attached hydrogens (tertiary/aromatic N) is 1. The summed E-state index contributed by atoms with van der Waals surface area (Å²) in [6.45, 7) is 4.14. The van der Waals surface area contributed by atoms with Crippen LogP contribution in [0.2, 0.25) is 0 Å². The Balaban J connectivity index is 0.00000196. The van der Waals surface area contributed by atoms with E-state index in [1.807, 2.05) is 12.1 Å². The summed E-state index contributed by atoms with van der Waals surface area (Å²) >= 11 is 0. The van der Waals surface area contributed by atoms with E-state index in [0.29, 0.717) is 19.0 Å². The fourth-order valence-corrected chi connectivity index (χ4v) is 3.96. The van der Waals surface area contributed by atoms with Crippen molar-refractivity contribution >= 4 is 36.6 Å². The summed E-state index contributed by atoms with van der Waals surface area (Å²) in [6.07, 6.45) is 4.71. The maximum absolute atomic E-state index is 12.1. The van der Waals surface area contributed by atoms with Crippen LogP contribution in [0.3, 0.4) is 0 Å². The van der Waals surface area contributed by atoms with Crippen LogP contribution in [0.25, 0.3) is 0 Å². The standard InChI is InChI=1S/C20H30N4O2.2ClH/c21-20(26)17-6-3-9-24(14-17)13-16-5-1-4-15(10-16)12-23-19(25)11-18-7-2-8-22-18;;/h1,4-5,10,17-18,22H,2-3,6-9,11-14H2,(H2,21,26)(H,23,25);2*1H. The molecule has 158 valence electrons. The number of rotatable bonds is 7. The van der Waals surface area contributed by atoms with E-state index >= 15 is 0 Å². The molecule has 0 radical (unpaired) electrons. The summed E-state index contributed by atoms with van der Waals surface area (Å²) in [5.74, 6) is -0.117. The molecule has 2 saturated heterocycles. The van der Waals surface area contributed by atoms with E-state index in [4.69, 9.17) is 5.73 Å². The van der Waals surface area contributed by atoms with Gasteiger partial charge in [0.05, 0.1) is 5.92 Å². The van der Waals surface area contributed by atoms with Gasteiger partial charge in [-0.3, -0.25) is 14.5 Å². The fraction of sp³-hybridized carbons (Fsp3) is 0.600. The van der Waals surface area contributed by atoms with Crippen molar-refractivity contribution in [2.45, 2.75) is 51.2 Å². The topological polar surface area (TPSA) is 87.5 Å². The second kappa shape index (κ2) is 12.3. The van der Waals surface area contributed by atoms with Gasteiger partial charge in [0.2, 0.25) is 11.8 Å². The van der Waals surface area contributed by atoms with Crippen LogP contribution in [-0.2, 0) is 22.7 Å². The third-order valence-corrected chi connectivity index (χ3v) is 5.39. The Morgan fingerprint density at radius 1 is 1.18 bits per heavy atom. The number of carbonyl (C=O) groups is 2. The van der Waals surface area contributed by atoms with Gasteiger partial charge in [0.25, 0.3) is 0 Å². The molecule has 2 unspecified atom stereocenters. The average molecular weight is 431 g/mol. The highest BCUT2D eigenvalue weighted by Gasteiger charge is 2.23. The van der Waals surface area contributed by atoms with Crippen molar-refractivity contribution in [3.63, 3.8) is 0 Å². The van der Waals surface area contributed by atoms with Gasteiger partial charge in [0.1, 0.15) is 0 Å². The molecule has 4 N–H and O–H groups in total. The smallest absolute Gasteiger partial charge is 0.221 e. The highest BCUT2D eigenvalue weighted by molar-refractivity contribution is 5.85. The van der Waals surface area contributed by atoms with Crippen LogP contribution in [0.1, 0.15) is 43.2 Å². The van der Waals surface area contributed by atoms with Crippen LogP contribution in [-0.4, -0.2) is 42.4 Å². The molecule has 2 atom stereocenters. The number of nitrogens with one attached hydrogen (secondary N) is 2. The third kappa shape index (κ3) is 7.59. The minimum Gasteiger partial charge on any atom is -0.369 e. The Morgan fingerprint density at radius 2 is 1.96 bits per heavy atom. The maximum atomic E-state index is 12.1. The van der Waals surface area contributed by atoms with Gasteiger partial charge in [0, 0.05) is 32.1 Å². The van der Waals surface area contributed by atoms with Crippen LogP contribution >= 0.6 is 24.8 Å². The maximum Gasteiger partial charge on any atom is 0.221 e. The summed E-state index contributed by atoms with van der Waals surface area (Å²) in [4.78, 5) is 25.8. The number of primary amides is 1. The van der Waals surface area contributed by atoms with Crippen molar-refractivity contribution in [1.29, 1.82) is 0 Å². The van der Waals surface area contributed by atoms with Crippen LogP contribution in [0, 0.1) is 5.92 Å². The zero-order valence-electron chi connectivity index (χ0n) is 16.2. The molecule has 28 heavy (non-hydrogen) atoms. The Labute approximate surface area is 179 Å². The molecular formula is C20H32Cl2N4O2. The second-order valence-corrected chi connectivity index (χ2v) is 7.57. The molecule has 2 amide bonds. The van der Waals surface area contributed by atoms with E-state index in [-0.39, 0.29) is 42.5 Å². The highest BCUT2D eigenvalue weighted by atomic mass is 35.5. The summed E-state index contributed by atoms with van der Waals surface area (Å²) in [5.41, 5.74) is 7.78. The molecule has 0 bridgehead atoms. The van der Waals surface area contributed by atoms with Gasteiger partial charge in [-0.25, -0.2) is 0 Å². The first kappa shape index (κ1) is 24.7. The second-order valence-electron chi connectivity index (χ2n) is 7.57. The normalized spacial score (nSPS) is 22.0. The van der Waals surface area contributed by atoms with Crippen molar-refractivity contribution in [1.82, 2.24) is 15.5 Å². The minimum absolute atomic E-state index is 0. The number of likely N-dealkylation sites (tertiary alicyclic amines) is 1. The molecule has 2 heterocycles. The van der Waals surface area contributed by atoms with Gasteiger partial charge in [0.15, 0.2) is 0 Å². The lowest BCUT2D eigenvalue weighted by Crippen LogP contribution is -2.40. The van der Waals surface area contributed by atoms with Crippen molar-refractivity contribution in [3.8, 4) is 0 Å². The molecule has 2 fully saturated rings. The van der Waals surface area contributed by atoms with Crippen LogP contribution in [0.5, 0.6) is 0 Å². The summed E-state index contributed by atoms with van der Waals surface area (Å²) in [7, 11) is 0. The molecule has 3 rings (SSSR count). The average Bonchev–Trinajstić information content (AvgIpc) is 3.13. The van der Waals surface area contributed by atoms with Gasteiger partial charge >= 0.3 is 0 Å². The van der Waals surface area contributed by atoms with Crippen LogP contribution in [0.4, 0.5) is 0 Å². The fourth-order valence-electron chi connectivity index (χ4n) is 3.96. The van der Waals surface area contributed by atoms with Gasteiger partial charge in [-0.05, 0) is 49.9 Å². The number of hydrogen-bond acceptors (Lipinski definition) is 4. The van der Waals surface area contributed by atoms with Crippen LogP contribution in [0.15, 0.2) is 24.3 Å². The molecule has 6 nitrogen and oxygen atoms in total. The Bertz CT molecular complexity index is 638. The summed E-state index contributed by atoms with van der Waals surface area (Å²) in [6, 6.07) is 8.65. The SMILES string of the molecule is Cl.Cl.NC(=O)C1CCCN(Cc2cccc(CNC(=O)CC3CCCN3)c2)C1. The lowest BCUT2D eigenvalue weighted by atomic mass is 9.97. The Hall–Kier alpha value is -1.34. The van der Waals surface area contributed by atoms with Crippen molar-refractivity contribution in [2.24, 2.45) is 11.7 Å². The van der Waals surface area contributed by atoms with E-state index < -0.39 is 0 Å². The molecule has 0 aliphatic carbocycles. The van der Waals surface area contributed by atoms with Crippen molar-refractivity contribution < 1.29 is 9.59 Å². The molecule has 8 heteroatoms. The highest BCUT2D eigenvalue weighted by Crippen LogP contribution is 2.19. The van der Waals surface area contributed by atoms with Gasteiger partial charge in [-0.2, -0.15) is 0 Å². The first-order valence-corrected chi connectivity index (χ1v) is 9.70. The molecule has 0 saturated carbocycles. The van der Waals surface area contributed by atoms with E-state index in [2.05, 4.69) is 27.7 Å². The monoisotopic (exact) mass is 430 g/mol. The molecule has 1 aromatic rings. The molecule has 0 aromatic heterocycles. The largest absolute Gasteiger partial charge is 0.369 e. The third-order valence-electron chi connectivity index (χ3n) is 5.39. The number of nitrogens with two attached hydrogens (primary N) is 1. The number of hydrogen-bond donors (Lipinski definition) is 3. The number of halogens is 2. The predicted octanol–water partition coefficient (Wildman–Crippen LogP) is 1.99. The van der Waals surface area contributed by atoms with Crippen LogP contribution < -0.4 is 16.4 Å². The predicted molar refractivity (Wildman–Crippen MR) is 116 cm³/mol. The quantitative estimate of drug-likeness (QED) is 0.616. The molecule has 1 aromatic carbocycles. The summed E-state index contributed by atoms with van der Waals surface area (Å²) < 4.78 is 0. The van der Waals surface area contributed by atoms with E-state index in [9.17, 15) is 9.59 Å². The molecule has 2 aliphatic heterocycles. The van der Waals surface area contributed by atoms with Gasteiger partial charge < -0.3 is 16.4 Å².